The maximum Gasteiger partial charge on any atom is 0.332 e. The van der Waals surface area contributed by atoms with Gasteiger partial charge in [0.05, 0.1) is 0 Å². The van der Waals surface area contributed by atoms with Crippen molar-refractivity contribution in [1.29, 1.82) is 0 Å². The van der Waals surface area contributed by atoms with E-state index in [0.29, 0.717) is 6.54 Å². The molecule has 3 N–H and O–H groups in total. The largest absolute Gasteiger partial charge is 0.479 e. The van der Waals surface area contributed by atoms with Crippen LogP contribution in [0, 0.1) is 0 Å². The SMILES string of the molecule is O=C(O)CONC(=S)NCc1cccc2ccccc12. The van der Waals surface area contributed by atoms with Gasteiger partial charge in [-0.25, -0.2) is 10.3 Å². The third-order valence-corrected chi connectivity index (χ3v) is 2.91. The minimum atomic E-state index is -1.06. The van der Waals surface area contributed by atoms with E-state index in [-0.39, 0.29) is 5.11 Å². The van der Waals surface area contributed by atoms with Crippen LogP contribution in [0.2, 0.25) is 0 Å². The molecule has 0 heterocycles. The number of carbonyl (C=O) groups is 1. The Balaban J connectivity index is 1.92. The second kappa shape index (κ2) is 6.83. The first-order valence-electron chi connectivity index (χ1n) is 6.01. The molecule has 2 aromatic carbocycles. The van der Waals surface area contributed by atoms with Gasteiger partial charge < -0.3 is 10.4 Å². The lowest BCUT2D eigenvalue weighted by Gasteiger charge is -2.11. The number of carboxylic acid groups (broad SMARTS) is 1. The van der Waals surface area contributed by atoms with Gasteiger partial charge in [-0.2, -0.15) is 0 Å². The van der Waals surface area contributed by atoms with Crippen LogP contribution in [-0.4, -0.2) is 22.8 Å². The number of thiocarbonyl (C=S) groups is 1. The molecule has 0 unspecified atom stereocenters. The zero-order chi connectivity index (χ0) is 14.4. The van der Waals surface area contributed by atoms with Crippen LogP contribution in [0.5, 0.6) is 0 Å². The number of fused-ring (bicyclic) bond motifs is 1. The van der Waals surface area contributed by atoms with Crippen LogP contribution in [0.25, 0.3) is 10.8 Å². The van der Waals surface area contributed by atoms with E-state index >= 15 is 0 Å². The van der Waals surface area contributed by atoms with Gasteiger partial charge in [0.1, 0.15) is 0 Å². The molecule has 0 spiro atoms. The number of carboxylic acids is 1. The van der Waals surface area contributed by atoms with Crippen molar-refractivity contribution in [2.45, 2.75) is 6.54 Å². The zero-order valence-corrected chi connectivity index (χ0v) is 11.4. The van der Waals surface area contributed by atoms with Gasteiger partial charge >= 0.3 is 5.97 Å². The van der Waals surface area contributed by atoms with Gasteiger partial charge in [0.2, 0.25) is 0 Å². The van der Waals surface area contributed by atoms with E-state index in [0.717, 1.165) is 16.3 Å². The molecule has 0 amide bonds. The molecule has 0 aliphatic rings. The Morgan fingerprint density at radius 2 is 1.95 bits per heavy atom. The van der Waals surface area contributed by atoms with Crippen molar-refractivity contribution in [2.75, 3.05) is 6.61 Å². The first-order chi connectivity index (χ1) is 9.66. The van der Waals surface area contributed by atoms with Crippen LogP contribution in [-0.2, 0) is 16.2 Å². The molecule has 0 fully saturated rings. The van der Waals surface area contributed by atoms with Crippen LogP contribution < -0.4 is 10.8 Å². The molecule has 0 bridgehead atoms. The maximum atomic E-state index is 10.3. The fourth-order valence-corrected chi connectivity index (χ4v) is 1.95. The lowest BCUT2D eigenvalue weighted by atomic mass is 10.0. The van der Waals surface area contributed by atoms with E-state index in [1.807, 2.05) is 42.5 Å². The van der Waals surface area contributed by atoms with E-state index in [1.54, 1.807) is 0 Å². The van der Waals surface area contributed by atoms with Crippen LogP contribution in [0.15, 0.2) is 42.5 Å². The summed E-state index contributed by atoms with van der Waals surface area (Å²) in [5.74, 6) is -1.06. The minimum absolute atomic E-state index is 0.249. The molecule has 0 aromatic heterocycles. The van der Waals surface area contributed by atoms with Gasteiger partial charge in [0.15, 0.2) is 11.7 Å². The Morgan fingerprint density at radius 1 is 1.20 bits per heavy atom. The first-order valence-corrected chi connectivity index (χ1v) is 6.41. The standard InChI is InChI=1S/C14H14N2O3S/c17-13(18)9-19-16-14(20)15-8-11-6-3-5-10-4-1-2-7-12(10)11/h1-7H,8-9H2,(H,17,18)(H2,15,16,20). The minimum Gasteiger partial charge on any atom is -0.479 e. The van der Waals surface area contributed by atoms with Gasteiger partial charge in [-0.05, 0) is 28.6 Å². The lowest BCUT2D eigenvalue weighted by Crippen LogP contribution is -2.36. The number of hydroxylamine groups is 1. The van der Waals surface area contributed by atoms with E-state index in [2.05, 4.69) is 15.6 Å². The topological polar surface area (TPSA) is 70.6 Å². The van der Waals surface area contributed by atoms with Crippen molar-refractivity contribution in [3.63, 3.8) is 0 Å². The summed E-state index contributed by atoms with van der Waals surface area (Å²) >= 11 is 4.99. The molecular weight excluding hydrogens is 276 g/mol. The van der Waals surface area contributed by atoms with Gasteiger partial charge in [-0.1, -0.05) is 42.5 Å². The first kappa shape index (κ1) is 14.2. The van der Waals surface area contributed by atoms with Crippen LogP contribution in [0.4, 0.5) is 0 Å². The molecule has 0 aliphatic carbocycles. The Kier molecular flexibility index (Phi) is 4.86. The van der Waals surface area contributed by atoms with Gasteiger partial charge in [-0.3, -0.25) is 4.84 Å². The van der Waals surface area contributed by atoms with Crippen molar-refractivity contribution in [2.24, 2.45) is 0 Å². The summed E-state index contributed by atoms with van der Waals surface area (Å²) < 4.78 is 0. The number of rotatable bonds is 5. The van der Waals surface area contributed by atoms with E-state index < -0.39 is 12.6 Å². The summed E-state index contributed by atoms with van der Waals surface area (Å²) in [7, 11) is 0. The molecule has 2 rings (SSSR count). The van der Waals surface area contributed by atoms with Crippen molar-refractivity contribution >= 4 is 34.1 Å². The summed E-state index contributed by atoms with van der Waals surface area (Å²) in [6.07, 6.45) is 0. The lowest BCUT2D eigenvalue weighted by molar-refractivity contribution is -0.143. The van der Waals surface area contributed by atoms with Gasteiger partial charge in [0, 0.05) is 6.54 Å². The number of hydrogen-bond acceptors (Lipinski definition) is 3. The molecule has 6 heteroatoms. The Hall–Kier alpha value is -2.18. The Morgan fingerprint density at radius 3 is 2.75 bits per heavy atom. The number of aliphatic carboxylic acids is 1. The van der Waals surface area contributed by atoms with Gasteiger partial charge in [0.25, 0.3) is 0 Å². The highest BCUT2D eigenvalue weighted by atomic mass is 32.1. The third kappa shape index (κ3) is 3.91. The van der Waals surface area contributed by atoms with Crippen LogP contribution in [0.3, 0.4) is 0 Å². The molecule has 104 valence electrons. The quantitative estimate of drug-likeness (QED) is 0.576. The normalized spacial score (nSPS) is 10.2. The van der Waals surface area contributed by atoms with Gasteiger partial charge in [-0.15, -0.1) is 0 Å². The smallest absolute Gasteiger partial charge is 0.332 e. The average molecular weight is 290 g/mol. The van der Waals surface area contributed by atoms with Crippen molar-refractivity contribution in [3.05, 3.63) is 48.0 Å². The second-order valence-electron chi connectivity index (χ2n) is 4.11. The fourth-order valence-electron chi connectivity index (χ4n) is 1.82. The molecule has 2 aromatic rings. The van der Waals surface area contributed by atoms with E-state index in [9.17, 15) is 4.79 Å². The van der Waals surface area contributed by atoms with E-state index in [4.69, 9.17) is 17.3 Å². The second-order valence-corrected chi connectivity index (χ2v) is 4.51. The van der Waals surface area contributed by atoms with Crippen molar-refractivity contribution < 1.29 is 14.7 Å². The Bertz CT molecular complexity index is 625. The summed E-state index contributed by atoms with van der Waals surface area (Å²) in [6, 6.07) is 14.1. The molecule has 0 saturated heterocycles. The molecule has 20 heavy (non-hydrogen) atoms. The van der Waals surface area contributed by atoms with Crippen molar-refractivity contribution in [1.82, 2.24) is 10.8 Å². The maximum absolute atomic E-state index is 10.3. The third-order valence-electron chi connectivity index (χ3n) is 2.68. The Labute approximate surface area is 121 Å². The fraction of sp³-hybridized carbons (Fsp3) is 0.143. The highest BCUT2D eigenvalue weighted by Gasteiger charge is 2.02. The van der Waals surface area contributed by atoms with Crippen molar-refractivity contribution in [3.8, 4) is 0 Å². The van der Waals surface area contributed by atoms with Crippen LogP contribution in [0.1, 0.15) is 5.56 Å². The van der Waals surface area contributed by atoms with E-state index in [1.165, 1.54) is 0 Å². The van der Waals surface area contributed by atoms with Crippen LogP contribution >= 0.6 is 12.2 Å². The number of hydrogen-bond donors (Lipinski definition) is 3. The molecule has 0 radical (unpaired) electrons. The molecule has 0 aliphatic heterocycles. The number of nitrogens with one attached hydrogen (secondary N) is 2. The summed E-state index contributed by atoms with van der Waals surface area (Å²) in [4.78, 5) is 15.0. The highest BCUT2D eigenvalue weighted by molar-refractivity contribution is 7.80. The summed E-state index contributed by atoms with van der Waals surface area (Å²) in [6.45, 7) is 0.0830. The predicted octanol–water partition coefficient (Wildman–Crippen LogP) is 1.82. The molecule has 0 saturated carbocycles. The molecular formula is C14H14N2O3S. The average Bonchev–Trinajstić information content (AvgIpc) is 2.44. The predicted molar refractivity (Wildman–Crippen MR) is 80.1 cm³/mol. The highest BCUT2D eigenvalue weighted by Crippen LogP contribution is 2.18. The number of benzene rings is 2. The monoisotopic (exact) mass is 290 g/mol. The molecule has 0 atom stereocenters. The molecule has 5 nitrogen and oxygen atoms in total. The summed E-state index contributed by atoms with van der Waals surface area (Å²) in [5, 5.41) is 14.0. The zero-order valence-electron chi connectivity index (χ0n) is 10.6. The summed E-state index contributed by atoms with van der Waals surface area (Å²) in [5.41, 5.74) is 3.47.